The zero-order valence-electron chi connectivity index (χ0n) is 11.4. The van der Waals surface area contributed by atoms with E-state index in [2.05, 4.69) is 15.6 Å². The minimum atomic E-state index is -0.0522. The van der Waals surface area contributed by atoms with Crippen molar-refractivity contribution in [3.05, 3.63) is 35.8 Å². The third-order valence-corrected chi connectivity index (χ3v) is 3.61. The molecule has 0 radical (unpaired) electrons. The smallest absolute Gasteiger partial charge is 0.228 e. The van der Waals surface area contributed by atoms with Crippen molar-refractivity contribution in [2.75, 3.05) is 18.9 Å². The van der Waals surface area contributed by atoms with Gasteiger partial charge in [0.25, 0.3) is 0 Å². The van der Waals surface area contributed by atoms with Crippen molar-refractivity contribution in [1.29, 1.82) is 0 Å². The van der Waals surface area contributed by atoms with E-state index >= 15 is 0 Å². The highest BCUT2D eigenvalue weighted by atomic mass is 35.5. The first-order chi connectivity index (χ1) is 9.20. The lowest BCUT2D eigenvalue weighted by atomic mass is 10.1. The zero-order chi connectivity index (χ0) is 13.7. The molecule has 0 saturated carbocycles. The van der Waals surface area contributed by atoms with Crippen molar-refractivity contribution in [3.63, 3.8) is 0 Å². The molecule has 1 amide bonds. The van der Waals surface area contributed by atoms with Crippen LogP contribution in [0.1, 0.15) is 6.92 Å². The van der Waals surface area contributed by atoms with E-state index in [1.165, 1.54) is 0 Å². The second-order valence-corrected chi connectivity index (χ2v) is 5.26. The van der Waals surface area contributed by atoms with E-state index in [9.17, 15) is 4.79 Å². The van der Waals surface area contributed by atoms with Gasteiger partial charge in [0.05, 0.1) is 0 Å². The van der Waals surface area contributed by atoms with Gasteiger partial charge in [-0.3, -0.25) is 4.79 Å². The lowest BCUT2D eigenvalue weighted by Gasteiger charge is -2.11. The minimum Gasteiger partial charge on any atom is -0.326 e. The summed E-state index contributed by atoms with van der Waals surface area (Å²) in [5, 5.41) is 8.83. The van der Waals surface area contributed by atoms with Crippen LogP contribution in [0.2, 0.25) is 0 Å². The maximum atomic E-state index is 11.9. The summed E-state index contributed by atoms with van der Waals surface area (Å²) in [4.78, 5) is 16.1. The number of carbonyl (C=O) groups is 1. The molecule has 6 heteroatoms. The highest BCUT2D eigenvalue weighted by Crippen LogP contribution is 2.23. The number of halogens is 1. The quantitative estimate of drug-likeness (QED) is 0.892. The van der Waals surface area contributed by atoms with E-state index in [1.807, 2.05) is 43.6 Å². The Balaban J connectivity index is 0.00000200. The van der Waals surface area contributed by atoms with Crippen LogP contribution in [0.3, 0.4) is 0 Å². The molecule has 0 aliphatic heterocycles. The predicted octanol–water partition coefficient (Wildman–Crippen LogP) is 3.03. The molecule has 20 heavy (non-hydrogen) atoms. The average Bonchev–Trinajstić information content (AvgIpc) is 2.94. The average molecular weight is 312 g/mol. The van der Waals surface area contributed by atoms with Gasteiger partial charge in [-0.05, 0) is 31.3 Å². The molecule has 0 fully saturated rings. The molecule has 1 aromatic heterocycles. The summed E-state index contributed by atoms with van der Waals surface area (Å²) in [5.41, 5.74) is 1.88. The number of aromatic nitrogens is 1. The zero-order valence-corrected chi connectivity index (χ0v) is 13.1. The SMILES string of the molecule is CNCC(C)C(=O)Nc1ccc(-c2nccs2)cc1.Cl. The molecule has 0 aliphatic rings. The van der Waals surface area contributed by atoms with Gasteiger partial charge in [0.15, 0.2) is 0 Å². The Morgan fingerprint density at radius 1 is 1.35 bits per heavy atom. The number of rotatable bonds is 5. The van der Waals surface area contributed by atoms with Crippen LogP contribution < -0.4 is 10.6 Å². The van der Waals surface area contributed by atoms with Crippen LogP contribution in [0.15, 0.2) is 35.8 Å². The van der Waals surface area contributed by atoms with E-state index < -0.39 is 0 Å². The number of thiazole rings is 1. The van der Waals surface area contributed by atoms with Gasteiger partial charge in [0.1, 0.15) is 5.01 Å². The first kappa shape index (κ1) is 16.6. The molecule has 1 atom stereocenters. The molecular weight excluding hydrogens is 294 g/mol. The third kappa shape index (κ3) is 4.30. The number of amides is 1. The van der Waals surface area contributed by atoms with Crippen LogP contribution in [0.25, 0.3) is 10.6 Å². The van der Waals surface area contributed by atoms with Gasteiger partial charge in [-0.15, -0.1) is 23.7 Å². The number of anilines is 1. The fraction of sp³-hybridized carbons (Fsp3) is 0.286. The Hall–Kier alpha value is -1.43. The third-order valence-electron chi connectivity index (χ3n) is 2.79. The normalized spacial score (nSPS) is 11.5. The molecule has 0 saturated heterocycles. The topological polar surface area (TPSA) is 54.0 Å². The summed E-state index contributed by atoms with van der Waals surface area (Å²) in [5.74, 6) is -0.0278. The fourth-order valence-corrected chi connectivity index (χ4v) is 2.37. The molecule has 0 bridgehead atoms. The molecule has 2 aromatic rings. The highest BCUT2D eigenvalue weighted by Gasteiger charge is 2.11. The van der Waals surface area contributed by atoms with Gasteiger partial charge in [-0.1, -0.05) is 6.92 Å². The van der Waals surface area contributed by atoms with E-state index in [-0.39, 0.29) is 24.2 Å². The standard InChI is InChI=1S/C14H17N3OS.ClH/c1-10(9-15-2)13(18)17-12-5-3-11(4-6-12)14-16-7-8-19-14;/h3-8,10,15H,9H2,1-2H3,(H,17,18);1H. The molecule has 2 rings (SSSR count). The maximum absolute atomic E-state index is 11.9. The van der Waals surface area contributed by atoms with Crippen molar-refractivity contribution in [2.45, 2.75) is 6.92 Å². The van der Waals surface area contributed by atoms with E-state index in [4.69, 9.17) is 0 Å². The molecule has 1 unspecified atom stereocenters. The van der Waals surface area contributed by atoms with E-state index in [0.717, 1.165) is 16.3 Å². The van der Waals surface area contributed by atoms with Gasteiger partial charge in [-0.2, -0.15) is 0 Å². The summed E-state index contributed by atoms with van der Waals surface area (Å²) in [6.45, 7) is 2.57. The van der Waals surface area contributed by atoms with Crippen LogP contribution in [0.4, 0.5) is 5.69 Å². The first-order valence-electron chi connectivity index (χ1n) is 6.16. The van der Waals surface area contributed by atoms with Crippen LogP contribution in [-0.2, 0) is 4.79 Å². The van der Waals surface area contributed by atoms with Crippen LogP contribution >= 0.6 is 23.7 Å². The number of hydrogen-bond donors (Lipinski definition) is 2. The summed E-state index contributed by atoms with van der Waals surface area (Å²) >= 11 is 1.60. The molecule has 4 nitrogen and oxygen atoms in total. The van der Waals surface area contributed by atoms with Crippen LogP contribution in [0, 0.1) is 5.92 Å². The monoisotopic (exact) mass is 311 g/mol. The van der Waals surface area contributed by atoms with Crippen molar-refractivity contribution in [3.8, 4) is 10.6 Å². The Morgan fingerprint density at radius 3 is 2.60 bits per heavy atom. The summed E-state index contributed by atoms with van der Waals surface area (Å²) in [7, 11) is 1.84. The van der Waals surface area contributed by atoms with Gasteiger partial charge in [0.2, 0.25) is 5.91 Å². The summed E-state index contributed by atoms with van der Waals surface area (Å²) in [6.07, 6.45) is 1.79. The first-order valence-corrected chi connectivity index (χ1v) is 7.04. The maximum Gasteiger partial charge on any atom is 0.228 e. The highest BCUT2D eigenvalue weighted by molar-refractivity contribution is 7.13. The molecule has 2 N–H and O–H groups in total. The summed E-state index contributed by atoms with van der Waals surface area (Å²) in [6, 6.07) is 7.75. The summed E-state index contributed by atoms with van der Waals surface area (Å²) < 4.78 is 0. The molecule has 1 aromatic carbocycles. The molecule has 108 valence electrons. The Morgan fingerprint density at radius 2 is 2.05 bits per heavy atom. The Bertz CT molecular complexity index is 528. The Kier molecular flexibility index (Phi) is 6.64. The van der Waals surface area contributed by atoms with Crippen LogP contribution in [0.5, 0.6) is 0 Å². The van der Waals surface area contributed by atoms with E-state index in [0.29, 0.717) is 6.54 Å². The number of nitrogens with zero attached hydrogens (tertiary/aromatic N) is 1. The van der Waals surface area contributed by atoms with Crippen molar-refractivity contribution < 1.29 is 4.79 Å². The fourth-order valence-electron chi connectivity index (χ4n) is 1.73. The number of hydrogen-bond acceptors (Lipinski definition) is 4. The van der Waals surface area contributed by atoms with Crippen molar-refractivity contribution >= 4 is 35.3 Å². The lowest BCUT2D eigenvalue weighted by Crippen LogP contribution is -2.28. The number of benzene rings is 1. The van der Waals surface area contributed by atoms with Gasteiger partial charge in [-0.25, -0.2) is 4.98 Å². The van der Waals surface area contributed by atoms with Crippen molar-refractivity contribution in [2.24, 2.45) is 5.92 Å². The largest absolute Gasteiger partial charge is 0.326 e. The lowest BCUT2D eigenvalue weighted by molar-refractivity contribution is -0.119. The van der Waals surface area contributed by atoms with Gasteiger partial charge < -0.3 is 10.6 Å². The molecule has 1 heterocycles. The van der Waals surface area contributed by atoms with Gasteiger partial charge in [0, 0.05) is 35.3 Å². The van der Waals surface area contributed by atoms with Gasteiger partial charge >= 0.3 is 0 Å². The van der Waals surface area contributed by atoms with E-state index in [1.54, 1.807) is 17.5 Å². The number of carbonyl (C=O) groups excluding carboxylic acids is 1. The Labute approximate surface area is 129 Å². The van der Waals surface area contributed by atoms with Crippen LogP contribution in [-0.4, -0.2) is 24.5 Å². The predicted molar refractivity (Wildman–Crippen MR) is 86.5 cm³/mol. The number of nitrogens with one attached hydrogen (secondary N) is 2. The second-order valence-electron chi connectivity index (χ2n) is 4.36. The second kappa shape index (κ2) is 7.99. The molecule has 0 spiro atoms. The molecular formula is C14H18ClN3OS. The van der Waals surface area contributed by atoms with Crippen molar-refractivity contribution in [1.82, 2.24) is 10.3 Å². The minimum absolute atomic E-state index is 0. The molecule has 0 aliphatic carbocycles.